The van der Waals surface area contributed by atoms with Crippen LogP contribution in [-0.2, 0) is 42.8 Å². The molecule has 0 aliphatic carbocycles. The summed E-state index contributed by atoms with van der Waals surface area (Å²) >= 11 is 10.1. The Labute approximate surface area is 418 Å². The van der Waals surface area contributed by atoms with Gasteiger partial charge in [-0.2, -0.15) is 37.0 Å². The van der Waals surface area contributed by atoms with E-state index in [0.29, 0.717) is 24.5 Å². The van der Waals surface area contributed by atoms with E-state index in [9.17, 15) is 27.3 Å². The van der Waals surface area contributed by atoms with E-state index in [2.05, 4.69) is 108 Å². The Morgan fingerprint density at radius 3 is 1.46 bits per heavy atom. The molecule has 0 radical (unpaired) electrons. The molecule has 68 heavy (non-hydrogen) atoms. The predicted molar refractivity (Wildman–Crippen MR) is 282 cm³/mol. The second kappa shape index (κ2) is 36.6. The van der Waals surface area contributed by atoms with E-state index in [1.807, 2.05) is 87.5 Å². The van der Waals surface area contributed by atoms with Crippen molar-refractivity contribution in [2.24, 2.45) is 15.0 Å². The fraction of sp³-hybridized carbons (Fsp3) is 0.510. The average molecular weight is 1010 g/mol. The molecule has 0 bridgehead atoms. The molecule has 0 aromatic heterocycles. The van der Waals surface area contributed by atoms with Crippen LogP contribution in [0.5, 0.6) is 0 Å². The second-order valence-electron chi connectivity index (χ2n) is 15.0. The van der Waals surface area contributed by atoms with Crippen molar-refractivity contribution in [3.63, 3.8) is 0 Å². The number of benzene rings is 3. The molecule has 3 aliphatic heterocycles. The maximum Gasteiger partial charge on any atom is 0.762 e. The van der Waals surface area contributed by atoms with Gasteiger partial charge in [-0.3, -0.25) is 37.3 Å². The van der Waals surface area contributed by atoms with Gasteiger partial charge >= 0.3 is 7.54 Å². The van der Waals surface area contributed by atoms with E-state index < -0.39 is 19.6 Å². The Morgan fingerprint density at radius 1 is 0.603 bits per heavy atom. The minimum Gasteiger partial charge on any atom is -1.00 e. The van der Waals surface area contributed by atoms with Crippen LogP contribution in [0.3, 0.4) is 0 Å². The van der Waals surface area contributed by atoms with E-state index >= 15 is 0 Å². The molecule has 0 saturated carbocycles. The molecule has 1 fully saturated rings. The maximum absolute atomic E-state index is 12.0. The first-order valence-electron chi connectivity index (χ1n) is 22.4. The topological polar surface area (TPSA) is 136 Å². The predicted octanol–water partition coefficient (Wildman–Crippen LogP) is 5.38. The molecule has 3 aromatic rings. The van der Waals surface area contributed by atoms with Crippen molar-refractivity contribution in [1.82, 2.24) is 16.0 Å². The van der Waals surface area contributed by atoms with E-state index in [1.54, 1.807) is 11.8 Å². The number of hydrogen-bond donors (Lipinski definition) is 5. The Bertz CT molecular complexity index is 1940. The number of piperazine rings is 1. The van der Waals surface area contributed by atoms with Crippen LogP contribution in [0.15, 0.2) is 106 Å². The van der Waals surface area contributed by atoms with Crippen LogP contribution in [0.4, 0.5) is 12.9 Å². The summed E-state index contributed by atoms with van der Waals surface area (Å²) in [6.45, 7) is 18.5. The van der Waals surface area contributed by atoms with Crippen molar-refractivity contribution >= 4 is 79.6 Å². The first-order chi connectivity index (χ1) is 31.7. The highest BCUT2D eigenvalue weighted by Crippen LogP contribution is 2.17. The van der Waals surface area contributed by atoms with E-state index in [1.165, 1.54) is 11.1 Å². The fourth-order valence-corrected chi connectivity index (χ4v) is 7.90. The smallest absolute Gasteiger partial charge is 0.762 e. The van der Waals surface area contributed by atoms with Gasteiger partial charge in [0, 0.05) is 62.3 Å². The standard InChI is InChI=1S/2C15H20N2OS.C12H14N2O2S.C6H15O.CH4.BF3.FH/c1-3-19-10-14-15(18)17-13(11(2)16-14)9-12-7-5-4-6-8-12;1-3-18-15-14(10-19)16-11(2)13(17-15)9-12-7-5-4-6-8-12;15-11-9(6-8-4-2-1-3-5-8)13-12(16)10(7-17)14-11;1-4-7(5-2)6-3;;2-1(3)4;/h4-8,13-14H,3,9-10H2,1-2H3,(H,17,18);4-8,13-14,19H,3,9-10H2,1-2H3;1-5,9-10,17H,6-7H2,(H,13,16)(H,14,15);4-6H2,1-3H3;1H4;;1H/q;;;+1;;;/p-1/t2*13-,14+;9-,10+;;;;/m111..../s1. The first-order valence-corrected chi connectivity index (χ1v) is 24.8. The normalized spacial score (nSPS) is 20.2. The molecule has 3 aliphatic rings. The summed E-state index contributed by atoms with van der Waals surface area (Å²) in [6.07, 6.45) is 2.19. The van der Waals surface area contributed by atoms with E-state index in [0.717, 1.165) is 67.1 Å². The van der Waals surface area contributed by atoms with Gasteiger partial charge in [0.05, 0.1) is 18.7 Å². The summed E-state index contributed by atoms with van der Waals surface area (Å²) in [7, 11) is -3.67. The Kier molecular flexibility index (Phi) is 34.3. The van der Waals surface area contributed by atoms with Gasteiger partial charge in [-0.25, -0.2) is 4.99 Å². The summed E-state index contributed by atoms with van der Waals surface area (Å²) in [5, 5.41) is 8.47. The van der Waals surface area contributed by atoms with Crippen LogP contribution >= 0.6 is 37.0 Å². The zero-order valence-corrected chi connectivity index (χ0v) is 42.3. The summed E-state index contributed by atoms with van der Waals surface area (Å²) in [4.78, 5) is 49.3. The number of thioether (sulfide) groups is 1. The molecule has 6 atom stereocenters. The monoisotopic (exact) mass is 1010 g/mol. The molecule has 3 N–H and O–H groups in total. The van der Waals surface area contributed by atoms with Crippen molar-refractivity contribution in [3.8, 4) is 0 Å². The third-order valence-corrected chi connectivity index (χ3v) is 12.0. The number of nitrogens with one attached hydrogen (secondary N) is 3. The lowest BCUT2D eigenvalue weighted by Gasteiger charge is -2.28. The lowest BCUT2D eigenvalue weighted by atomic mass is 10.0. The van der Waals surface area contributed by atoms with Crippen LogP contribution < -0.4 is 20.7 Å². The summed E-state index contributed by atoms with van der Waals surface area (Å²) < 4.78 is 37.7. The summed E-state index contributed by atoms with van der Waals surface area (Å²) in [5.41, 5.74) is 5.61. The lowest BCUT2D eigenvalue weighted by molar-refractivity contribution is -0.136. The third-order valence-electron chi connectivity index (χ3n) is 10.3. The molecule has 3 amide bonds. The maximum atomic E-state index is 12.0. The first kappa shape index (κ1) is 63.7. The van der Waals surface area contributed by atoms with Gasteiger partial charge in [0.15, 0.2) is 0 Å². The highest BCUT2D eigenvalue weighted by atomic mass is 32.2. The summed E-state index contributed by atoms with van der Waals surface area (Å²) in [6, 6.07) is 29.1. The quantitative estimate of drug-likeness (QED) is 0.0604. The molecular weight excluding hydrogens is 936 g/mol. The fourth-order valence-electron chi connectivity index (χ4n) is 6.72. The number of hydrogen-bond acceptors (Lipinski definition) is 10. The Morgan fingerprint density at radius 2 is 1.03 bits per heavy atom. The van der Waals surface area contributed by atoms with Crippen LogP contribution in [0.1, 0.15) is 72.6 Å². The molecule has 0 unspecified atom stereocenters. The molecule has 0 spiro atoms. The summed E-state index contributed by atoms with van der Waals surface area (Å²) in [5.74, 6) is 3.22. The van der Waals surface area contributed by atoms with E-state index in [-0.39, 0.29) is 54.0 Å². The van der Waals surface area contributed by atoms with Crippen molar-refractivity contribution in [1.29, 1.82) is 0 Å². The third kappa shape index (κ3) is 24.3. The Hall–Kier alpha value is -4.33. The zero-order chi connectivity index (χ0) is 48.9. The molecule has 378 valence electrons. The van der Waals surface area contributed by atoms with Gasteiger partial charge in [0.2, 0.25) is 23.6 Å². The minimum atomic E-state index is -3.67. The van der Waals surface area contributed by atoms with Gasteiger partial charge in [-0.1, -0.05) is 105 Å². The number of thiol groups is 2. The molecular formula is C49H73BF4N6O5S3. The number of nitrogens with zero attached hydrogens (tertiary/aromatic N) is 3. The molecule has 6 rings (SSSR count). The number of amides is 3. The van der Waals surface area contributed by atoms with Gasteiger partial charge in [0.25, 0.3) is 0 Å². The van der Waals surface area contributed by atoms with Crippen molar-refractivity contribution in [3.05, 3.63) is 108 Å². The SMILES string of the molecule is C.CCOC1=N[C@H](Cc2ccccc2)C(C)=N[C@H]1CS.CCSC[C@@H]1N=C(C)[C@@H](Cc2ccccc2)NC1=O.CC[O+](CC)CC.FB(F)F.O=C1N[C@H](Cc2ccccc2)C(=O)N[C@H]1CS.[F-]. The van der Waals surface area contributed by atoms with Crippen LogP contribution in [0, 0.1) is 0 Å². The highest BCUT2D eigenvalue weighted by Gasteiger charge is 2.33. The van der Waals surface area contributed by atoms with Crippen LogP contribution in [0.2, 0.25) is 0 Å². The van der Waals surface area contributed by atoms with Crippen LogP contribution in [0.25, 0.3) is 0 Å². The number of carbonyl (C=O) groups is 3. The van der Waals surface area contributed by atoms with Crippen LogP contribution in [-0.4, -0.2) is 128 Å². The molecule has 3 aromatic carbocycles. The van der Waals surface area contributed by atoms with Gasteiger partial charge in [-0.15, -0.1) is 0 Å². The van der Waals surface area contributed by atoms with Gasteiger partial charge in [-0.05, 0) is 49.6 Å². The number of aliphatic imine (C=N–C) groups is 3. The largest absolute Gasteiger partial charge is 1.00 e. The van der Waals surface area contributed by atoms with Crippen molar-refractivity contribution in [2.75, 3.05) is 49.4 Å². The number of halogens is 4. The average Bonchev–Trinajstić information content (AvgIpc) is 3.31. The highest BCUT2D eigenvalue weighted by molar-refractivity contribution is 7.99. The zero-order valence-electron chi connectivity index (χ0n) is 39.7. The second-order valence-corrected chi connectivity index (χ2v) is 17.0. The van der Waals surface area contributed by atoms with Gasteiger partial charge < -0.3 is 29.8 Å². The number of ether oxygens (including phenoxy) is 1. The Balaban J connectivity index is 0.000000881. The molecule has 19 heteroatoms. The molecule has 11 nitrogen and oxygen atoms in total. The number of rotatable bonds is 15. The minimum absolute atomic E-state index is 0. The van der Waals surface area contributed by atoms with Gasteiger partial charge in [0.1, 0.15) is 44.0 Å². The van der Waals surface area contributed by atoms with E-state index in [4.69, 9.17) is 9.73 Å². The molecule has 3 heterocycles. The number of carbonyl (C=O) groups excluding carboxylic acids is 3. The molecule has 1 saturated heterocycles. The lowest BCUT2D eigenvalue weighted by Crippen LogP contribution is -3.00. The van der Waals surface area contributed by atoms with Crippen molar-refractivity contribution < 1.29 is 41.1 Å². The van der Waals surface area contributed by atoms with Crippen molar-refractivity contribution in [2.45, 2.75) is 111 Å².